The molecule has 204 valence electrons. The number of likely N-dealkylation sites (tertiary alicyclic amines) is 1. The summed E-state index contributed by atoms with van der Waals surface area (Å²) in [4.78, 5) is 28.0. The van der Waals surface area contributed by atoms with Crippen LogP contribution in [0.1, 0.15) is 24.0 Å². The van der Waals surface area contributed by atoms with Crippen molar-refractivity contribution < 1.29 is 14.3 Å². The van der Waals surface area contributed by atoms with Crippen molar-refractivity contribution in [1.82, 2.24) is 19.8 Å². The molecule has 0 saturated carbocycles. The normalized spacial score (nSPS) is 17.8. The van der Waals surface area contributed by atoms with Gasteiger partial charge in [0.25, 0.3) is 0 Å². The van der Waals surface area contributed by atoms with Gasteiger partial charge in [-0.25, -0.2) is 0 Å². The molecule has 3 N–H and O–H groups in total. The summed E-state index contributed by atoms with van der Waals surface area (Å²) in [6.45, 7) is 9.46. The molecule has 1 amide bonds. The van der Waals surface area contributed by atoms with Gasteiger partial charge in [-0.3, -0.25) is 4.79 Å². The third-order valence-corrected chi connectivity index (χ3v) is 7.57. The van der Waals surface area contributed by atoms with Crippen molar-refractivity contribution >= 4 is 34.5 Å². The van der Waals surface area contributed by atoms with Crippen LogP contribution in [-0.2, 0) is 4.79 Å². The Labute approximate surface area is 228 Å². The monoisotopic (exact) mass is 529 g/mol. The Hall–Kier alpha value is -4.18. The first-order valence-corrected chi connectivity index (χ1v) is 13.3. The highest BCUT2D eigenvalue weighted by Crippen LogP contribution is 2.38. The van der Waals surface area contributed by atoms with Crippen LogP contribution >= 0.6 is 0 Å². The molecular weight excluding hydrogens is 494 g/mol. The van der Waals surface area contributed by atoms with Crippen molar-refractivity contribution in [3.63, 3.8) is 0 Å². The Bertz CT molecular complexity index is 1400. The molecule has 10 heteroatoms. The number of nitrogens with one attached hydrogen (secondary N) is 1. The summed E-state index contributed by atoms with van der Waals surface area (Å²) in [6.07, 6.45) is 4.78. The lowest BCUT2D eigenvalue weighted by Crippen LogP contribution is -2.48. The number of rotatable bonds is 8. The number of amides is 1. The summed E-state index contributed by atoms with van der Waals surface area (Å²) in [5.74, 6) is 1.71. The zero-order valence-electron chi connectivity index (χ0n) is 22.5. The Morgan fingerprint density at radius 2 is 1.97 bits per heavy atom. The largest absolute Gasteiger partial charge is 0.462 e. The lowest BCUT2D eigenvalue weighted by Gasteiger charge is -2.35. The lowest BCUT2D eigenvalue weighted by atomic mass is 10.1. The van der Waals surface area contributed by atoms with Crippen LogP contribution in [-0.4, -0.2) is 84.3 Å². The second-order valence-electron chi connectivity index (χ2n) is 10.0. The molecule has 39 heavy (non-hydrogen) atoms. The molecule has 10 nitrogen and oxygen atoms in total. The summed E-state index contributed by atoms with van der Waals surface area (Å²) in [6, 6.07) is 9.98. The van der Waals surface area contributed by atoms with E-state index in [1.54, 1.807) is 11.0 Å². The van der Waals surface area contributed by atoms with Gasteiger partial charge in [0, 0.05) is 49.5 Å². The maximum Gasteiger partial charge on any atom is 0.319 e. The van der Waals surface area contributed by atoms with Gasteiger partial charge in [0.15, 0.2) is 5.75 Å². The molecule has 0 radical (unpaired) electrons. The Kier molecular flexibility index (Phi) is 7.65. The molecule has 1 aromatic heterocycles. The second kappa shape index (κ2) is 11.3. The lowest BCUT2D eigenvalue weighted by molar-refractivity contribution is -0.126. The van der Waals surface area contributed by atoms with E-state index in [4.69, 9.17) is 30.6 Å². The van der Waals surface area contributed by atoms with Gasteiger partial charge in [-0.05, 0) is 63.2 Å². The van der Waals surface area contributed by atoms with Gasteiger partial charge in [0.1, 0.15) is 23.7 Å². The van der Waals surface area contributed by atoms with Crippen molar-refractivity contribution in [2.75, 3.05) is 57.0 Å². The summed E-state index contributed by atoms with van der Waals surface area (Å²) in [5, 5.41) is 8.71. The van der Waals surface area contributed by atoms with E-state index in [1.165, 1.54) is 12.3 Å². The number of benzene rings is 2. The van der Waals surface area contributed by atoms with E-state index in [0.717, 1.165) is 36.2 Å². The van der Waals surface area contributed by atoms with E-state index in [1.807, 2.05) is 31.2 Å². The predicted molar refractivity (Wildman–Crippen MR) is 153 cm³/mol. The van der Waals surface area contributed by atoms with Crippen molar-refractivity contribution in [3.05, 3.63) is 54.1 Å². The maximum absolute atomic E-state index is 12.1. The van der Waals surface area contributed by atoms with Crippen LogP contribution in [0.2, 0.25) is 0 Å². The minimum Gasteiger partial charge on any atom is -0.462 e. The number of carbonyl (C=O) groups excluding carboxylic acids is 1. The molecule has 2 saturated heterocycles. The summed E-state index contributed by atoms with van der Waals surface area (Å²) in [5.41, 5.74) is 8.60. The number of nitrogens with zero attached hydrogens (tertiary/aromatic N) is 5. The van der Waals surface area contributed by atoms with E-state index < -0.39 is 0 Å². The summed E-state index contributed by atoms with van der Waals surface area (Å²) in [7, 11) is 2.11. The summed E-state index contributed by atoms with van der Waals surface area (Å²) >= 11 is 0. The minimum atomic E-state index is -0.0675. The standard InChI is InChI=1S/C29H35N7O3/c1-4-25(37)35-13-15-36(16-14-35)28-21-8-5-9-24(39-27-19(2)10-11-23(31)22(27)17-30)26(21)32-29(33-28)38-18-20-7-6-12-34(20)3/h4-5,8-11,17,20,30H,1,6-7,12-16,18,31H2,2-3H3/t20-/m1/s1. The highest BCUT2D eigenvalue weighted by molar-refractivity contribution is 5.95. The third-order valence-electron chi connectivity index (χ3n) is 7.57. The number of piperazine rings is 1. The molecule has 0 spiro atoms. The first kappa shape index (κ1) is 26.4. The number of aryl methyl sites for hydroxylation is 1. The van der Waals surface area contributed by atoms with Gasteiger partial charge < -0.3 is 35.3 Å². The number of para-hydroxylation sites is 1. The van der Waals surface area contributed by atoms with Gasteiger partial charge in [-0.2, -0.15) is 9.97 Å². The molecule has 3 heterocycles. The molecule has 1 atom stereocenters. The molecule has 2 aromatic carbocycles. The number of hydrogen-bond acceptors (Lipinski definition) is 9. The fourth-order valence-corrected chi connectivity index (χ4v) is 5.22. The zero-order valence-corrected chi connectivity index (χ0v) is 22.5. The van der Waals surface area contributed by atoms with Crippen LogP contribution in [0.3, 0.4) is 0 Å². The molecule has 5 rings (SSSR count). The number of fused-ring (bicyclic) bond motifs is 1. The van der Waals surface area contributed by atoms with Crippen LogP contribution in [0.15, 0.2) is 43.0 Å². The second-order valence-corrected chi connectivity index (χ2v) is 10.0. The van der Waals surface area contributed by atoms with Crippen LogP contribution in [0.5, 0.6) is 17.5 Å². The number of carbonyl (C=O) groups is 1. The first-order valence-electron chi connectivity index (χ1n) is 13.3. The molecule has 0 unspecified atom stereocenters. The van der Waals surface area contributed by atoms with E-state index >= 15 is 0 Å². The van der Waals surface area contributed by atoms with E-state index in [9.17, 15) is 4.79 Å². The maximum atomic E-state index is 12.1. The van der Waals surface area contributed by atoms with Gasteiger partial charge in [0.05, 0.1) is 5.56 Å². The first-order chi connectivity index (χ1) is 18.9. The number of anilines is 2. The minimum absolute atomic E-state index is 0.0675. The third kappa shape index (κ3) is 5.37. The molecule has 0 bridgehead atoms. The summed E-state index contributed by atoms with van der Waals surface area (Å²) < 4.78 is 12.6. The van der Waals surface area contributed by atoms with Crippen molar-refractivity contribution in [3.8, 4) is 17.5 Å². The highest BCUT2D eigenvalue weighted by atomic mass is 16.5. The van der Waals surface area contributed by atoms with Crippen LogP contribution in [0, 0.1) is 12.3 Å². The molecular formula is C29H35N7O3. The van der Waals surface area contributed by atoms with Gasteiger partial charge in [-0.15, -0.1) is 0 Å². The average Bonchev–Trinajstić information content (AvgIpc) is 3.37. The number of hydrogen-bond donors (Lipinski definition) is 2. The smallest absolute Gasteiger partial charge is 0.319 e. The fourth-order valence-electron chi connectivity index (χ4n) is 5.22. The number of nitrogens with two attached hydrogens (primary N) is 1. The number of nitrogen functional groups attached to an aromatic ring is 1. The highest BCUT2D eigenvalue weighted by Gasteiger charge is 2.26. The number of aromatic nitrogens is 2. The van der Waals surface area contributed by atoms with Gasteiger partial charge >= 0.3 is 6.01 Å². The fraction of sp³-hybridized carbons (Fsp3) is 0.379. The van der Waals surface area contributed by atoms with E-state index in [0.29, 0.717) is 67.1 Å². The van der Waals surface area contributed by atoms with Gasteiger partial charge in [-0.1, -0.05) is 18.7 Å². The Balaban J connectivity index is 1.54. The average molecular weight is 530 g/mol. The Morgan fingerprint density at radius 1 is 1.18 bits per heavy atom. The van der Waals surface area contributed by atoms with Crippen molar-refractivity contribution in [2.45, 2.75) is 25.8 Å². The van der Waals surface area contributed by atoms with E-state index in [2.05, 4.69) is 23.4 Å². The Morgan fingerprint density at radius 3 is 2.67 bits per heavy atom. The number of ether oxygens (including phenoxy) is 2. The topological polar surface area (TPSA) is 121 Å². The van der Waals surface area contributed by atoms with Crippen LogP contribution < -0.4 is 20.1 Å². The SMILES string of the molecule is C=CC(=O)N1CCN(c2nc(OC[C@H]3CCCN3C)nc3c(Oc4c(C)ccc(N)c4C=N)cccc23)CC1. The molecule has 2 aliphatic heterocycles. The van der Waals surface area contributed by atoms with Crippen LogP contribution in [0.25, 0.3) is 10.9 Å². The number of likely N-dealkylation sites (N-methyl/N-ethyl adjacent to an activating group) is 1. The quantitative estimate of drug-likeness (QED) is 0.258. The van der Waals surface area contributed by atoms with Crippen molar-refractivity contribution in [1.29, 1.82) is 5.41 Å². The van der Waals surface area contributed by atoms with E-state index in [-0.39, 0.29) is 11.9 Å². The molecule has 0 aliphatic carbocycles. The molecule has 2 aliphatic rings. The predicted octanol–water partition coefficient (Wildman–Crippen LogP) is 3.62. The van der Waals surface area contributed by atoms with Gasteiger partial charge in [0.2, 0.25) is 5.91 Å². The molecule has 2 fully saturated rings. The van der Waals surface area contributed by atoms with Crippen LogP contribution in [0.4, 0.5) is 11.5 Å². The zero-order chi connectivity index (χ0) is 27.5. The van der Waals surface area contributed by atoms with Crippen molar-refractivity contribution in [2.24, 2.45) is 0 Å². The molecule has 3 aromatic rings.